The lowest BCUT2D eigenvalue weighted by molar-refractivity contribution is 0.121. The first-order valence-electron chi connectivity index (χ1n) is 10.3. The van der Waals surface area contributed by atoms with Crippen molar-refractivity contribution in [1.82, 2.24) is 5.32 Å². The van der Waals surface area contributed by atoms with Gasteiger partial charge in [-0.3, -0.25) is 0 Å². The Labute approximate surface area is 177 Å². The Balaban J connectivity index is 1.42. The molecule has 5 heteroatoms. The minimum absolute atomic E-state index is 0.220. The number of ether oxygens (including phenoxy) is 1. The van der Waals surface area contributed by atoms with Crippen molar-refractivity contribution in [2.45, 2.75) is 18.6 Å². The zero-order chi connectivity index (χ0) is 20.8. The summed E-state index contributed by atoms with van der Waals surface area (Å²) in [5.74, 6) is 0. The first kappa shape index (κ1) is 20.0. The summed E-state index contributed by atoms with van der Waals surface area (Å²) >= 11 is 0. The van der Waals surface area contributed by atoms with Crippen LogP contribution in [0, 0.1) is 0 Å². The molecule has 3 aromatic carbocycles. The van der Waals surface area contributed by atoms with E-state index in [4.69, 9.17) is 4.74 Å². The molecule has 1 aliphatic rings. The van der Waals surface area contributed by atoms with Crippen molar-refractivity contribution >= 4 is 17.4 Å². The molecule has 3 aromatic rings. The molecular formula is C25H27N3O2. The molecule has 0 aliphatic carbocycles. The van der Waals surface area contributed by atoms with Crippen molar-refractivity contribution < 1.29 is 9.53 Å². The van der Waals surface area contributed by atoms with Gasteiger partial charge in [0.15, 0.2) is 0 Å². The monoisotopic (exact) mass is 401 g/mol. The van der Waals surface area contributed by atoms with Crippen LogP contribution in [0.3, 0.4) is 0 Å². The molecule has 1 atom stereocenters. The maximum atomic E-state index is 12.7. The molecule has 30 heavy (non-hydrogen) atoms. The highest BCUT2D eigenvalue weighted by molar-refractivity contribution is 5.90. The second-order valence-corrected chi connectivity index (χ2v) is 7.49. The molecular weight excluding hydrogens is 374 g/mol. The SMILES string of the molecule is COC1CCN(c2ccc(NC(=O)NC(c3ccccc3)c3ccccc3)cc2)C1. The Morgan fingerprint density at radius 3 is 2.07 bits per heavy atom. The predicted octanol–water partition coefficient (Wildman–Crippen LogP) is 4.82. The van der Waals surface area contributed by atoms with Crippen LogP contribution < -0.4 is 15.5 Å². The molecule has 154 valence electrons. The first-order chi connectivity index (χ1) is 14.7. The zero-order valence-electron chi connectivity index (χ0n) is 17.1. The molecule has 2 amide bonds. The predicted molar refractivity (Wildman–Crippen MR) is 121 cm³/mol. The second kappa shape index (κ2) is 9.46. The van der Waals surface area contributed by atoms with Gasteiger partial charge in [0.25, 0.3) is 0 Å². The van der Waals surface area contributed by atoms with E-state index in [1.54, 1.807) is 7.11 Å². The van der Waals surface area contributed by atoms with Crippen LogP contribution in [0.2, 0.25) is 0 Å². The zero-order valence-corrected chi connectivity index (χ0v) is 17.1. The number of amides is 2. The number of rotatable bonds is 6. The molecule has 1 saturated heterocycles. The van der Waals surface area contributed by atoms with Crippen molar-refractivity contribution in [3.63, 3.8) is 0 Å². The highest BCUT2D eigenvalue weighted by atomic mass is 16.5. The van der Waals surface area contributed by atoms with Crippen molar-refractivity contribution in [1.29, 1.82) is 0 Å². The standard InChI is InChI=1S/C25H27N3O2/c1-30-23-16-17-28(18-23)22-14-12-21(13-15-22)26-25(29)27-24(19-8-4-2-5-9-19)20-10-6-3-7-11-20/h2-15,23-24H,16-18H2,1H3,(H2,26,27,29). The molecule has 1 fully saturated rings. The maximum Gasteiger partial charge on any atom is 0.319 e. The Morgan fingerprint density at radius 1 is 0.933 bits per heavy atom. The first-order valence-corrected chi connectivity index (χ1v) is 10.3. The number of benzene rings is 3. The van der Waals surface area contributed by atoms with Crippen LogP contribution in [0.1, 0.15) is 23.6 Å². The van der Waals surface area contributed by atoms with Crippen LogP contribution in [0.15, 0.2) is 84.9 Å². The largest absolute Gasteiger partial charge is 0.380 e. The molecule has 1 aliphatic heterocycles. The van der Waals surface area contributed by atoms with E-state index in [1.807, 2.05) is 84.9 Å². The van der Waals surface area contributed by atoms with Crippen molar-refractivity contribution in [2.75, 3.05) is 30.4 Å². The topological polar surface area (TPSA) is 53.6 Å². The number of carbonyl (C=O) groups excluding carboxylic acids is 1. The summed E-state index contributed by atoms with van der Waals surface area (Å²) in [6.07, 6.45) is 1.33. The van der Waals surface area contributed by atoms with E-state index in [9.17, 15) is 4.79 Å². The van der Waals surface area contributed by atoms with E-state index in [2.05, 4.69) is 15.5 Å². The fraction of sp³-hybridized carbons (Fsp3) is 0.240. The van der Waals surface area contributed by atoms with Gasteiger partial charge < -0.3 is 20.3 Å². The Kier molecular flexibility index (Phi) is 6.30. The molecule has 0 radical (unpaired) electrons. The van der Waals surface area contributed by atoms with Crippen LogP contribution in [-0.4, -0.2) is 32.3 Å². The van der Waals surface area contributed by atoms with E-state index in [0.717, 1.165) is 42.0 Å². The minimum Gasteiger partial charge on any atom is -0.380 e. The summed E-state index contributed by atoms with van der Waals surface area (Å²) in [6, 6.07) is 27.5. The average Bonchev–Trinajstić information content (AvgIpc) is 3.28. The Hall–Kier alpha value is -3.31. The van der Waals surface area contributed by atoms with Gasteiger partial charge in [0, 0.05) is 31.6 Å². The van der Waals surface area contributed by atoms with Crippen molar-refractivity contribution in [3.8, 4) is 0 Å². The molecule has 4 rings (SSSR count). The molecule has 5 nitrogen and oxygen atoms in total. The van der Waals surface area contributed by atoms with Gasteiger partial charge in [0.05, 0.1) is 12.1 Å². The van der Waals surface area contributed by atoms with E-state index >= 15 is 0 Å². The van der Waals surface area contributed by atoms with E-state index in [0.29, 0.717) is 6.10 Å². The summed E-state index contributed by atoms with van der Waals surface area (Å²) < 4.78 is 5.44. The quantitative estimate of drug-likeness (QED) is 0.622. The van der Waals surface area contributed by atoms with Gasteiger partial charge in [-0.05, 0) is 41.8 Å². The van der Waals surface area contributed by atoms with Crippen molar-refractivity contribution in [2.24, 2.45) is 0 Å². The minimum atomic E-state index is -0.235. The van der Waals surface area contributed by atoms with Crippen LogP contribution in [-0.2, 0) is 4.74 Å². The third-order valence-corrected chi connectivity index (χ3v) is 5.51. The van der Waals surface area contributed by atoms with Crippen LogP contribution >= 0.6 is 0 Å². The number of methoxy groups -OCH3 is 1. The summed E-state index contributed by atoms with van der Waals surface area (Å²) in [4.78, 5) is 15.0. The van der Waals surface area contributed by atoms with Crippen LogP contribution in [0.25, 0.3) is 0 Å². The summed E-state index contributed by atoms with van der Waals surface area (Å²) in [6.45, 7) is 1.89. The third kappa shape index (κ3) is 4.81. The third-order valence-electron chi connectivity index (χ3n) is 5.51. The fourth-order valence-electron chi connectivity index (χ4n) is 3.86. The Morgan fingerprint density at radius 2 is 1.53 bits per heavy atom. The molecule has 2 N–H and O–H groups in total. The number of urea groups is 1. The second-order valence-electron chi connectivity index (χ2n) is 7.49. The van der Waals surface area contributed by atoms with Gasteiger partial charge >= 0.3 is 6.03 Å². The lowest BCUT2D eigenvalue weighted by Gasteiger charge is -2.21. The van der Waals surface area contributed by atoms with E-state index < -0.39 is 0 Å². The van der Waals surface area contributed by atoms with Crippen molar-refractivity contribution in [3.05, 3.63) is 96.1 Å². The lowest BCUT2D eigenvalue weighted by atomic mass is 9.99. The van der Waals surface area contributed by atoms with Gasteiger partial charge in [-0.25, -0.2) is 4.79 Å². The molecule has 1 unspecified atom stereocenters. The van der Waals surface area contributed by atoms with Crippen LogP contribution in [0.4, 0.5) is 16.2 Å². The maximum absolute atomic E-state index is 12.7. The smallest absolute Gasteiger partial charge is 0.319 e. The molecule has 1 heterocycles. The molecule has 0 saturated carbocycles. The highest BCUT2D eigenvalue weighted by Crippen LogP contribution is 2.24. The van der Waals surface area contributed by atoms with Gasteiger partial charge in [0.1, 0.15) is 0 Å². The van der Waals surface area contributed by atoms with Gasteiger partial charge in [-0.1, -0.05) is 60.7 Å². The number of carbonyl (C=O) groups is 1. The fourth-order valence-corrected chi connectivity index (χ4v) is 3.86. The van der Waals surface area contributed by atoms with E-state index in [-0.39, 0.29) is 12.1 Å². The van der Waals surface area contributed by atoms with Gasteiger partial charge in [-0.15, -0.1) is 0 Å². The average molecular weight is 402 g/mol. The molecule has 0 bridgehead atoms. The molecule has 0 aromatic heterocycles. The number of nitrogens with one attached hydrogen (secondary N) is 2. The highest BCUT2D eigenvalue weighted by Gasteiger charge is 2.22. The lowest BCUT2D eigenvalue weighted by Crippen LogP contribution is -2.33. The number of nitrogens with zero attached hydrogens (tertiary/aromatic N) is 1. The summed E-state index contributed by atoms with van der Waals surface area (Å²) in [7, 11) is 1.76. The van der Waals surface area contributed by atoms with Gasteiger partial charge in [-0.2, -0.15) is 0 Å². The molecule has 0 spiro atoms. The van der Waals surface area contributed by atoms with Gasteiger partial charge in [0.2, 0.25) is 0 Å². The Bertz CT molecular complexity index is 906. The van der Waals surface area contributed by atoms with E-state index in [1.165, 1.54) is 0 Å². The number of hydrogen-bond donors (Lipinski definition) is 2. The number of hydrogen-bond acceptors (Lipinski definition) is 3. The summed E-state index contributed by atoms with van der Waals surface area (Å²) in [5, 5.41) is 6.06. The normalized spacial score (nSPS) is 15.9. The van der Waals surface area contributed by atoms with Crippen LogP contribution in [0.5, 0.6) is 0 Å². The number of anilines is 2. The summed E-state index contributed by atoms with van der Waals surface area (Å²) in [5.41, 5.74) is 3.98.